The minimum atomic E-state index is -1.32. The second kappa shape index (κ2) is 18.2. The number of halogens is 2. The van der Waals surface area contributed by atoms with Gasteiger partial charge in [0.25, 0.3) is 5.56 Å². The average molecular weight is 958 g/mol. The molecule has 4 aliphatic heterocycles. The number of rotatable bonds is 11. The van der Waals surface area contributed by atoms with Crippen LogP contribution in [0.2, 0.25) is 0 Å². The molecule has 9 rings (SSSR count). The first kappa shape index (κ1) is 46.0. The molecule has 0 bridgehead atoms. The van der Waals surface area contributed by atoms with Crippen molar-refractivity contribution in [3.63, 3.8) is 0 Å². The number of imide groups is 1. The summed E-state index contributed by atoms with van der Waals surface area (Å²) in [4.78, 5) is 61.3. The van der Waals surface area contributed by atoms with E-state index < -0.39 is 44.9 Å². The number of nitrogens with one attached hydrogen (secondary N) is 2. The highest BCUT2D eigenvalue weighted by Crippen LogP contribution is 2.44. The number of urea groups is 1. The van der Waals surface area contributed by atoms with Crippen molar-refractivity contribution in [3.8, 4) is 17.6 Å². The van der Waals surface area contributed by atoms with Crippen molar-refractivity contribution in [1.29, 1.82) is 5.26 Å². The van der Waals surface area contributed by atoms with Crippen LogP contribution in [0.1, 0.15) is 63.5 Å². The van der Waals surface area contributed by atoms with Crippen LogP contribution in [0.15, 0.2) is 53.6 Å². The second-order valence-corrected chi connectivity index (χ2v) is 20.5. The lowest BCUT2D eigenvalue weighted by Crippen LogP contribution is -2.51. The highest BCUT2D eigenvalue weighted by atomic mass is 32.2. The Morgan fingerprint density at radius 2 is 1.82 bits per heavy atom. The van der Waals surface area contributed by atoms with Crippen LogP contribution in [-0.2, 0) is 27.4 Å². The predicted octanol–water partition coefficient (Wildman–Crippen LogP) is 5.07. The molecular weight excluding hydrogens is 909 g/mol. The number of benzene rings is 3. The molecule has 352 valence electrons. The Hall–Kier alpha value is -6.15. The number of piperidine rings is 2. The number of carbonyl (C=O) groups is 3. The SMILES string of the molecule is CCN(C)SNc1ccc(F)c(Oc2ccc3ncn(C4CS(=O)C5(CCN(C(=O)CC6(O)CCN(c7cc8c(cc7F)c(N7CCC(=O)NC7=O)nn8C)CC6)CC5)C4)c(=O)c3c2)c1C#N. The molecule has 3 N–H and O–H groups in total. The Morgan fingerprint density at radius 3 is 2.54 bits per heavy atom. The van der Waals surface area contributed by atoms with Crippen LogP contribution in [0, 0.1) is 23.0 Å². The van der Waals surface area contributed by atoms with Gasteiger partial charge in [-0.05, 0) is 81.6 Å². The Bertz CT molecular complexity index is 2940. The van der Waals surface area contributed by atoms with Gasteiger partial charge in [-0.2, -0.15) is 10.4 Å². The first-order chi connectivity index (χ1) is 32.1. The Kier molecular flexibility index (Phi) is 12.5. The summed E-state index contributed by atoms with van der Waals surface area (Å²) in [6.07, 6.45) is 3.22. The van der Waals surface area contributed by atoms with Crippen molar-refractivity contribution in [2.45, 2.75) is 68.3 Å². The highest BCUT2D eigenvalue weighted by molar-refractivity contribution is 7.98. The molecule has 4 amide bonds. The van der Waals surface area contributed by atoms with Crippen LogP contribution in [0.5, 0.6) is 11.5 Å². The summed E-state index contributed by atoms with van der Waals surface area (Å²) in [5.74, 6) is -1.56. The molecule has 0 radical (unpaired) electrons. The Labute approximate surface area is 390 Å². The highest BCUT2D eigenvalue weighted by Gasteiger charge is 2.49. The van der Waals surface area contributed by atoms with Gasteiger partial charge in [0.05, 0.1) is 56.9 Å². The van der Waals surface area contributed by atoms with Gasteiger partial charge < -0.3 is 24.4 Å². The molecule has 2 aromatic heterocycles. The van der Waals surface area contributed by atoms with Crippen molar-refractivity contribution in [2.75, 3.05) is 66.6 Å². The van der Waals surface area contributed by atoms with Gasteiger partial charge in [0, 0.05) is 86.8 Å². The fourth-order valence-corrected chi connectivity index (χ4v) is 12.0. The largest absolute Gasteiger partial charge is 0.453 e. The molecular formula is C45H49F2N11O7S2. The minimum absolute atomic E-state index is 0.0390. The van der Waals surface area contributed by atoms with E-state index in [9.17, 15) is 33.8 Å². The summed E-state index contributed by atoms with van der Waals surface area (Å²) in [7, 11) is 2.23. The lowest BCUT2D eigenvalue weighted by Gasteiger charge is -2.42. The van der Waals surface area contributed by atoms with Gasteiger partial charge in [0.15, 0.2) is 17.4 Å². The number of anilines is 3. The van der Waals surface area contributed by atoms with Gasteiger partial charge >= 0.3 is 6.03 Å². The summed E-state index contributed by atoms with van der Waals surface area (Å²) in [6, 6.07) is 11.2. The van der Waals surface area contributed by atoms with Crippen molar-refractivity contribution in [1.82, 2.24) is 33.9 Å². The number of amides is 4. The number of nitriles is 1. The van der Waals surface area contributed by atoms with E-state index in [0.717, 1.165) is 6.54 Å². The van der Waals surface area contributed by atoms with Crippen LogP contribution < -0.4 is 30.1 Å². The van der Waals surface area contributed by atoms with E-state index >= 15 is 8.78 Å². The molecule has 4 fully saturated rings. The molecule has 22 heteroatoms. The van der Waals surface area contributed by atoms with E-state index in [0.29, 0.717) is 60.1 Å². The summed E-state index contributed by atoms with van der Waals surface area (Å²) in [6.45, 7) is 4.06. The van der Waals surface area contributed by atoms with E-state index in [2.05, 4.69) is 20.1 Å². The summed E-state index contributed by atoms with van der Waals surface area (Å²) in [5, 5.41) is 28.9. The molecule has 5 aromatic rings. The normalized spacial score (nSPS) is 20.5. The average Bonchev–Trinajstić information content (AvgIpc) is 3.80. The number of hydrogen-bond donors (Lipinski definition) is 3. The lowest BCUT2D eigenvalue weighted by molar-refractivity contribution is -0.138. The van der Waals surface area contributed by atoms with Crippen molar-refractivity contribution in [3.05, 3.63) is 76.3 Å². The third kappa shape index (κ3) is 8.80. The molecule has 2 unspecified atom stereocenters. The molecule has 0 aliphatic carbocycles. The number of likely N-dealkylation sites (tertiary alicyclic amines) is 1. The zero-order valence-electron chi connectivity index (χ0n) is 37.1. The molecule has 3 aromatic carbocycles. The zero-order chi connectivity index (χ0) is 47.4. The van der Waals surface area contributed by atoms with Crippen LogP contribution in [0.25, 0.3) is 21.8 Å². The van der Waals surface area contributed by atoms with E-state index in [1.165, 1.54) is 52.2 Å². The van der Waals surface area contributed by atoms with E-state index in [1.54, 1.807) is 34.8 Å². The van der Waals surface area contributed by atoms with Gasteiger partial charge in [-0.1, -0.05) is 6.92 Å². The number of hydrogen-bond acceptors (Lipinski definition) is 14. The molecule has 67 heavy (non-hydrogen) atoms. The van der Waals surface area contributed by atoms with Gasteiger partial charge in [-0.25, -0.2) is 22.9 Å². The first-order valence-electron chi connectivity index (χ1n) is 22.1. The fraction of sp³-hybridized carbons (Fsp3) is 0.444. The molecule has 2 atom stereocenters. The maximum Gasteiger partial charge on any atom is 0.329 e. The molecule has 4 saturated heterocycles. The molecule has 0 saturated carbocycles. The van der Waals surface area contributed by atoms with E-state index in [1.807, 2.05) is 29.2 Å². The van der Waals surface area contributed by atoms with Crippen molar-refractivity contribution >= 4 is 79.8 Å². The third-order valence-electron chi connectivity index (χ3n) is 13.5. The first-order valence-corrected chi connectivity index (χ1v) is 24.1. The molecule has 4 aliphatic rings. The number of aryl methyl sites for hydroxylation is 1. The van der Waals surface area contributed by atoms with Crippen LogP contribution in [0.4, 0.5) is 30.8 Å². The quantitative estimate of drug-likeness (QED) is 0.148. The summed E-state index contributed by atoms with van der Waals surface area (Å²) in [5.41, 5.74) is -0.0840. The number of aromatic nitrogens is 4. The number of ether oxygens (including phenoxy) is 1. The predicted molar refractivity (Wildman–Crippen MR) is 249 cm³/mol. The topological polar surface area (TPSA) is 211 Å². The second-order valence-electron chi connectivity index (χ2n) is 17.6. The Balaban J connectivity index is 0.820. The monoisotopic (exact) mass is 957 g/mol. The van der Waals surface area contributed by atoms with Crippen molar-refractivity contribution in [2.24, 2.45) is 7.05 Å². The minimum Gasteiger partial charge on any atom is -0.453 e. The standard InChI is InChI=1S/C45H49F2N11O7S2/c1-4-53(2)66-52-35-8-6-32(46)40(31(35)24-48)65-28-5-7-34-29(19-28)42(61)58(26-49-34)27-22-45(67(64)25-27)12-17-56(18-13-45)39(60)23-44(63)10-15-55(16-11-44)37-21-36-30(20-33(37)47)41(51-54(36)3)57-14-9-38(59)50-43(57)62/h5-8,19-21,26-27,52,63H,4,9-18,22-23,25H2,1-3H3,(H,50,59,62). The number of carbonyl (C=O) groups excluding carboxylic acids is 3. The summed E-state index contributed by atoms with van der Waals surface area (Å²) >= 11 is 1.25. The van der Waals surface area contributed by atoms with Crippen LogP contribution in [-0.4, -0.2) is 118 Å². The maximum atomic E-state index is 15.7. The van der Waals surface area contributed by atoms with Crippen LogP contribution in [0.3, 0.4) is 0 Å². The number of aliphatic hydroxyl groups is 1. The number of fused-ring (bicyclic) bond motifs is 2. The fourth-order valence-electron chi connectivity index (χ4n) is 9.50. The van der Waals surface area contributed by atoms with Gasteiger partial charge in [0.2, 0.25) is 11.8 Å². The number of nitrogens with zero attached hydrogens (tertiary/aromatic N) is 9. The van der Waals surface area contributed by atoms with Crippen molar-refractivity contribution < 1.29 is 37.2 Å². The molecule has 18 nitrogen and oxygen atoms in total. The zero-order valence-corrected chi connectivity index (χ0v) is 38.7. The Morgan fingerprint density at radius 1 is 1.06 bits per heavy atom. The molecule has 6 heterocycles. The van der Waals surface area contributed by atoms with Gasteiger partial charge in [0.1, 0.15) is 23.2 Å². The third-order valence-corrected chi connectivity index (χ3v) is 16.6. The maximum absolute atomic E-state index is 15.7. The van der Waals surface area contributed by atoms with Gasteiger partial charge in [-0.3, -0.25) is 38.1 Å². The smallest absolute Gasteiger partial charge is 0.329 e. The van der Waals surface area contributed by atoms with E-state index in [4.69, 9.17) is 4.74 Å². The van der Waals surface area contributed by atoms with Gasteiger partial charge in [-0.15, -0.1) is 0 Å². The molecule has 1 spiro atoms. The van der Waals surface area contributed by atoms with E-state index in [-0.39, 0.29) is 96.7 Å². The summed E-state index contributed by atoms with van der Waals surface area (Å²) < 4.78 is 58.0. The van der Waals surface area contributed by atoms with Crippen LogP contribution >= 0.6 is 12.1 Å². The lowest BCUT2D eigenvalue weighted by atomic mass is 9.86.